The van der Waals surface area contributed by atoms with Gasteiger partial charge in [0, 0.05) is 0 Å². The molecule has 1 aliphatic heterocycles. The molecule has 0 aromatic carbocycles. The van der Waals surface area contributed by atoms with Gasteiger partial charge in [-0.15, -0.1) is 0 Å². The Morgan fingerprint density at radius 1 is 1.30 bits per heavy atom. The van der Waals surface area contributed by atoms with Crippen LogP contribution in [0.1, 0.15) is 38.5 Å². The fourth-order valence-electron chi connectivity index (χ4n) is 2.65. The Morgan fingerprint density at radius 2 is 2.10 bits per heavy atom. The lowest BCUT2D eigenvalue weighted by atomic mass is 9.58. The standard InChI is InChI=1S/C15H20BN2O2/c17-13-10-14(19)18-15(20)12(13)8-9-16-11-6-4-2-1-3-5-7-11/h1-2,8,11,17H,3-7,9-10H2,(H,18,19,20)/b2-1-,12-8+,17-13?. The van der Waals surface area contributed by atoms with Crippen LogP contribution in [0.3, 0.4) is 0 Å². The van der Waals surface area contributed by atoms with Gasteiger partial charge in [-0.3, -0.25) is 14.9 Å². The van der Waals surface area contributed by atoms with Crippen molar-refractivity contribution in [1.82, 2.24) is 5.32 Å². The van der Waals surface area contributed by atoms with E-state index in [1.807, 2.05) is 0 Å². The van der Waals surface area contributed by atoms with Crippen LogP contribution in [0.15, 0.2) is 23.8 Å². The topological polar surface area (TPSA) is 70.0 Å². The van der Waals surface area contributed by atoms with E-state index in [4.69, 9.17) is 5.41 Å². The number of piperidine rings is 1. The smallest absolute Gasteiger partial charge is 0.259 e. The summed E-state index contributed by atoms with van der Waals surface area (Å²) in [5.74, 6) is -0.229. The highest BCUT2D eigenvalue weighted by molar-refractivity contribution is 6.39. The van der Waals surface area contributed by atoms with E-state index in [2.05, 4.69) is 24.7 Å². The lowest BCUT2D eigenvalue weighted by Crippen LogP contribution is -2.40. The first-order chi connectivity index (χ1) is 9.66. The maximum absolute atomic E-state index is 11.6. The lowest BCUT2D eigenvalue weighted by Gasteiger charge is -2.17. The highest BCUT2D eigenvalue weighted by Gasteiger charge is 2.25. The van der Waals surface area contributed by atoms with Crippen LogP contribution in [0, 0.1) is 5.41 Å². The molecular formula is C15H20BN2O2. The van der Waals surface area contributed by atoms with Crippen molar-refractivity contribution in [3.63, 3.8) is 0 Å². The fourth-order valence-corrected chi connectivity index (χ4v) is 2.65. The number of imide groups is 1. The van der Waals surface area contributed by atoms with Crippen molar-refractivity contribution in [3.8, 4) is 0 Å². The SMILES string of the molecule is N=C1CC(=O)NC(=O)/C1=C/C[B]C1CC/C=C\CCC1. The summed E-state index contributed by atoms with van der Waals surface area (Å²) < 4.78 is 0. The molecule has 2 aliphatic rings. The fraction of sp³-hybridized carbons (Fsp3) is 0.533. The molecule has 2 N–H and O–H groups in total. The largest absolute Gasteiger partial charge is 0.304 e. The number of carbonyl (C=O) groups is 2. The van der Waals surface area contributed by atoms with Crippen LogP contribution in [0.2, 0.25) is 12.1 Å². The van der Waals surface area contributed by atoms with Gasteiger partial charge >= 0.3 is 0 Å². The summed E-state index contributed by atoms with van der Waals surface area (Å²) in [4.78, 5) is 22.7. The summed E-state index contributed by atoms with van der Waals surface area (Å²) in [5, 5.41) is 9.98. The zero-order valence-electron chi connectivity index (χ0n) is 11.7. The Kier molecular flexibility index (Phi) is 5.33. The molecule has 1 radical (unpaired) electrons. The van der Waals surface area contributed by atoms with Crippen LogP contribution in [-0.2, 0) is 9.59 Å². The molecule has 5 heteroatoms. The van der Waals surface area contributed by atoms with E-state index in [0.717, 1.165) is 19.3 Å². The van der Waals surface area contributed by atoms with Crippen molar-refractivity contribution in [3.05, 3.63) is 23.8 Å². The van der Waals surface area contributed by atoms with E-state index in [-0.39, 0.29) is 18.0 Å². The van der Waals surface area contributed by atoms with Crippen molar-refractivity contribution in [2.24, 2.45) is 0 Å². The average Bonchev–Trinajstić information content (AvgIpc) is 2.34. The van der Waals surface area contributed by atoms with Crippen LogP contribution in [0.25, 0.3) is 0 Å². The average molecular weight is 271 g/mol. The van der Waals surface area contributed by atoms with Crippen molar-refractivity contribution >= 4 is 24.8 Å². The van der Waals surface area contributed by atoms with Crippen molar-refractivity contribution in [1.29, 1.82) is 5.41 Å². The van der Waals surface area contributed by atoms with Crippen LogP contribution in [0.5, 0.6) is 0 Å². The molecular weight excluding hydrogens is 251 g/mol. The summed E-state index contributed by atoms with van der Waals surface area (Å²) in [6.45, 7) is 0. The van der Waals surface area contributed by atoms with E-state index in [9.17, 15) is 9.59 Å². The van der Waals surface area contributed by atoms with E-state index in [1.54, 1.807) is 6.08 Å². The second-order valence-corrected chi connectivity index (χ2v) is 5.36. The number of carbonyl (C=O) groups excluding carboxylic acids is 2. The Hall–Kier alpha value is -1.65. The van der Waals surface area contributed by atoms with Crippen molar-refractivity contribution < 1.29 is 9.59 Å². The zero-order chi connectivity index (χ0) is 14.4. The van der Waals surface area contributed by atoms with Gasteiger partial charge in [0.1, 0.15) is 7.28 Å². The monoisotopic (exact) mass is 271 g/mol. The number of rotatable bonds is 3. The molecule has 2 rings (SSSR count). The quantitative estimate of drug-likeness (QED) is 0.358. The summed E-state index contributed by atoms with van der Waals surface area (Å²) in [7, 11) is 2.24. The minimum absolute atomic E-state index is 0.00575. The number of amides is 2. The third-order valence-electron chi connectivity index (χ3n) is 3.77. The molecule has 20 heavy (non-hydrogen) atoms. The molecule has 1 unspecified atom stereocenters. The molecule has 0 bridgehead atoms. The second kappa shape index (κ2) is 7.22. The van der Waals surface area contributed by atoms with E-state index in [1.165, 1.54) is 12.8 Å². The van der Waals surface area contributed by atoms with Crippen LogP contribution in [-0.4, -0.2) is 24.8 Å². The molecule has 1 saturated heterocycles. The third kappa shape index (κ3) is 4.18. The molecule has 1 heterocycles. The van der Waals surface area contributed by atoms with Gasteiger partial charge in [0.05, 0.1) is 17.7 Å². The predicted octanol–water partition coefficient (Wildman–Crippen LogP) is 2.41. The molecule has 1 aliphatic carbocycles. The predicted molar refractivity (Wildman–Crippen MR) is 80.1 cm³/mol. The first-order valence-corrected chi connectivity index (χ1v) is 7.27. The highest BCUT2D eigenvalue weighted by atomic mass is 16.2. The van der Waals surface area contributed by atoms with Gasteiger partial charge in [0.15, 0.2) is 0 Å². The van der Waals surface area contributed by atoms with Gasteiger partial charge in [-0.1, -0.05) is 49.6 Å². The summed E-state index contributed by atoms with van der Waals surface area (Å²) >= 11 is 0. The Balaban J connectivity index is 1.85. The summed E-state index contributed by atoms with van der Waals surface area (Å²) in [6.07, 6.45) is 12.8. The number of allylic oxidation sites excluding steroid dienone is 3. The van der Waals surface area contributed by atoms with Crippen molar-refractivity contribution in [2.75, 3.05) is 0 Å². The molecule has 2 amide bonds. The number of hydrogen-bond donors (Lipinski definition) is 2. The second-order valence-electron chi connectivity index (χ2n) is 5.36. The Morgan fingerprint density at radius 3 is 2.90 bits per heavy atom. The summed E-state index contributed by atoms with van der Waals surface area (Å²) in [6, 6.07) is 0. The van der Waals surface area contributed by atoms with Gasteiger partial charge < -0.3 is 5.41 Å². The van der Waals surface area contributed by atoms with Crippen LogP contribution < -0.4 is 5.32 Å². The van der Waals surface area contributed by atoms with Gasteiger partial charge in [0.25, 0.3) is 5.91 Å². The molecule has 105 valence electrons. The van der Waals surface area contributed by atoms with E-state index < -0.39 is 5.91 Å². The maximum atomic E-state index is 11.6. The molecule has 0 aromatic rings. The number of nitrogens with one attached hydrogen (secondary N) is 2. The van der Waals surface area contributed by atoms with Gasteiger partial charge in [-0.05, 0) is 12.8 Å². The van der Waals surface area contributed by atoms with Crippen LogP contribution in [0.4, 0.5) is 0 Å². The van der Waals surface area contributed by atoms with E-state index >= 15 is 0 Å². The molecule has 1 atom stereocenters. The highest BCUT2D eigenvalue weighted by Crippen LogP contribution is 2.24. The van der Waals surface area contributed by atoms with Gasteiger partial charge in [0.2, 0.25) is 5.91 Å². The molecule has 0 spiro atoms. The molecule has 4 nitrogen and oxygen atoms in total. The van der Waals surface area contributed by atoms with Crippen LogP contribution >= 0.6 is 0 Å². The molecule has 0 saturated carbocycles. The van der Waals surface area contributed by atoms with E-state index in [0.29, 0.717) is 17.7 Å². The first kappa shape index (κ1) is 14.8. The Labute approximate surface area is 120 Å². The number of hydrogen-bond acceptors (Lipinski definition) is 3. The third-order valence-corrected chi connectivity index (χ3v) is 3.77. The normalized spacial score (nSPS) is 27.7. The van der Waals surface area contributed by atoms with Gasteiger partial charge in [-0.2, -0.15) is 0 Å². The minimum Gasteiger partial charge on any atom is -0.304 e. The first-order valence-electron chi connectivity index (χ1n) is 7.27. The zero-order valence-corrected chi connectivity index (χ0v) is 11.7. The summed E-state index contributed by atoms with van der Waals surface area (Å²) in [5.41, 5.74) is 0.485. The lowest BCUT2D eigenvalue weighted by molar-refractivity contribution is -0.128. The molecule has 1 fully saturated rings. The van der Waals surface area contributed by atoms with Crippen molar-refractivity contribution in [2.45, 2.75) is 50.7 Å². The maximum Gasteiger partial charge on any atom is 0.259 e. The Bertz CT molecular complexity index is 446. The minimum atomic E-state index is -0.430. The van der Waals surface area contributed by atoms with Gasteiger partial charge in [-0.25, -0.2) is 0 Å². The molecule has 0 aromatic heterocycles.